The van der Waals surface area contributed by atoms with E-state index < -0.39 is 0 Å². The maximum atomic E-state index is 12.3. The van der Waals surface area contributed by atoms with Crippen LogP contribution >= 0.6 is 0 Å². The highest BCUT2D eigenvalue weighted by Gasteiger charge is 2.24. The summed E-state index contributed by atoms with van der Waals surface area (Å²) in [4.78, 5) is 14.4. The molecule has 0 spiro atoms. The summed E-state index contributed by atoms with van der Waals surface area (Å²) in [6.07, 6.45) is 9.60. The third-order valence-electron chi connectivity index (χ3n) is 5.36. The van der Waals surface area contributed by atoms with Crippen LogP contribution in [-0.2, 0) is 4.79 Å². The van der Waals surface area contributed by atoms with E-state index in [1.54, 1.807) is 0 Å². The lowest BCUT2D eigenvalue weighted by atomic mass is 9.89. The molecular weight excluding hydrogens is 258 g/mol. The summed E-state index contributed by atoms with van der Waals surface area (Å²) >= 11 is 0. The summed E-state index contributed by atoms with van der Waals surface area (Å²) < 4.78 is 0. The predicted octanol–water partition coefficient (Wildman–Crippen LogP) is 4.36. The number of likely N-dealkylation sites (tertiary alicyclic amines) is 1. The fourth-order valence-corrected chi connectivity index (χ4v) is 3.97. The maximum absolute atomic E-state index is 12.3. The van der Waals surface area contributed by atoms with Crippen molar-refractivity contribution in [3.05, 3.63) is 35.9 Å². The Morgan fingerprint density at radius 2 is 1.67 bits per heavy atom. The van der Waals surface area contributed by atoms with Crippen LogP contribution in [0.4, 0.5) is 0 Å². The fourth-order valence-electron chi connectivity index (χ4n) is 3.97. The molecule has 2 aliphatic rings. The van der Waals surface area contributed by atoms with Crippen LogP contribution in [0, 0.1) is 5.92 Å². The van der Waals surface area contributed by atoms with Gasteiger partial charge in [0.25, 0.3) is 0 Å². The van der Waals surface area contributed by atoms with Gasteiger partial charge in [-0.3, -0.25) is 4.79 Å². The molecular formula is C19H27NO. The van der Waals surface area contributed by atoms with E-state index >= 15 is 0 Å². The Kier molecular flexibility index (Phi) is 4.95. The molecule has 0 aromatic heterocycles. The zero-order valence-electron chi connectivity index (χ0n) is 13.0. The molecule has 114 valence electrons. The van der Waals surface area contributed by atoms with Gasteiger partial charge in [-0.1, -0.05) is 56.0 Å². The van der Waals surface area contributed by atoms with Gasteiger partial charge in [0.2, 0.25) is 5.91 Å². The Labute approximate surface area is 128 Å². The lowest BCUT2D eigenvalue weighted by Crippen LogP contribution is -2.37. The van der Waals surface area contributed by atoms with Gasteiger partial charge in [-0.2, -0.15) is 0 Å². The number of rotatable bonds is 4. The van der Waals surface area contributed by atoms with Crippen LogP contribution in [0.5, 0.6) is 0 Å². The van der Waals surface area contributed by atoms with Crippen molar-refractivity contribution >= 4 is 5.91 Å². The minimum absolute atomic E-state index is 0.397. The number of amides is 1. The van der Waals surface area contributed by atoms with E-state index in [0.29, 0.717) is 11.8 Å². The third kappa shape index (κ3) is 3.87. The number of hydrogen-bond donors (Lipinski definition) is 0. The highest BCUT2D eigenvalue weighted by molar-refractivity contribution is 5.76. The highest BCUT2D eigenvalue weighted by atomic mass is 16.2. The molecule has 0 radical (unpaired) electrons. The van der Waals surface area contributed by atoms with Crippen LogP contribution in [0.2, 0.25) is 0 Å². The van der Waals surface area contributed by atoms with E-state index in [1.165, 1.54) is 31.2 Å². The van der Waals surface area contributed by atoms with Crippen LogP contribution in [0.25, 0.3) is 0 Å². The van der Waals surface area contributed by atoms with E-state index in [-0.39, 0.29) is 0 Å². The van der Waals surface area contributed by atoms with Gasteiger partial charge in [0.05, 0.1) is 0 Å². The summed E-state index contributed by atoms with van der Waals surface area (Å²) in [5.41, 5.74) is 1.44. The van der Waals surface area contributed by atoms with Gasteiger partial charge in [0, 0.05) is 19.5 Å². The Hall–Kier alpha value is -1.31. The minimum Gasteiger partial charge on any atom is -0.343 e. The number of hydrogen-bond acceptors (Lipinski definition) is 1. The standard InChI is InChI=1S/C19H27NO/c21-19(11-10-16-6-4-5-7-16)20-14-12-18(13-15-20)17-8-2-1-3-9-17/h1-3,8-9,16,18H,4-7,10-15H2. The van der Waals surface area contributed by atoms with E-state index in [0.717, 1.165) is 44.7 Å². The molecule has 1 saturated carbocycles. The van der Waals surface area contributed by atoms with Gasteiger partial charge in [0.15, 0.2) is 0 Å². The molecule has 3 rings (SSSR count). The first-order valence-electron chi connectivity index (χ1n) is 8.65. The van der Waals surface area contributed by atoms with Gasteiger partial charge < -0.3 is 4.90 Å². The average molecular weight is 285 g/mol. The summed E-state index contributed by atoms with van der Waals surface area (Å²) in [6, 6.07) is 10.8. The van der Waals surface area contributed by atoms with Crippen molar-refractivity contribution in [2.24, 2.45) is 5.92 Å². The first-order valence-corrected chi connectivity index (χ1v) is 8.65. The molecule has 1 aromatic carbocycles. The molecule has 1 heterocycles. The van der Waals surface area contributed by atoms with Gasteiger partial charge in [0.1, 0.15) is 0 Å². The summed E-state index contributed by atoms with van der Waals surface area (Å²) in [5.74, 6) is 1.87. The second-order valence-corrected chi connectivity index (χ2v) is 6.75. The summed E-state index contributed by atoms with van der Waals surface area (Å²) in [7, 11) is 0. The molecule has 1 aliphatic carbocycles. The Balaban J connectivity index is 1.43. The Morgan fingerprint density at radius 3 is 2.33 bits per heavy atom. The second-order valence-electron chi connectivity index (χ2n) is 6.75. The van der Waals surface area contributed by atoms with Crippen molar-refractivity contribution in [3.63, 3.8) is 0 Å². The van der Waals surface area contributed by atoms with Gasteiger partial charge >= 0.3 is 0 Å². The highest BCUT2D eigenvalue weighted by Crippen LogP contribution is 2.30. The van der Waals surface area contributed by atoms with Gasteiger partial charge in [-0.05, 0) is 36.7 Å². The van der Waals surface area contributed by atoms with E-state index in [4.69, 9.17) is 0 Å². The minimum atomic E-state index is 0.397. The van der Waals surface area contributed by atoms with E-state index in [9.17, 15) is 4.79 Å². The SMILES string of the molecule is O=C(CCC1CCCC1)N1CCC(c2ccccc2)CC1. The van der Waals surface area contributed by atoms with Crippen molar-refractivity contribution in [1.29, 1.82) is 0 Å². The zero-order chi connectivity index (χ0) is 14.5. The number of nitrogens with zero attached hydrogens (tertiary/aromatic N) is 1. The molecule has 2 heteroatoms. The van der Waals surface area contributed by atoms with Crippen molar-refractivity contribution in [2.45, 2.75) is 57.3 Å². The summed E-state index contributed by atoms with van der Waals surface area (Å²) in [6.45, 7) is 1.89. The lowest BCUT2D eigenvalue weighted by molar-refractivity contribution is -0.132. The molecule has 1 amide bonds. The smallest absolute Gasteiger partial charge is 0.222 e. The maximum Gasteiger partial charge on any atom is 0.222 e. The average Bonchev–Trinajstić information content (AvgIpc) is 3.07. The molecule has 0 bridgehead atoms. The van der Waals surface area contributed by atoms with Crippen LogP contribution in [0.3, 0.4) is 0 Å². The zero-order valence-corrected chi connectivity index (χ0v) is 13.0. The number of benzene rings is 1. The second kappa shape index (κ2) is 7.11. The van der Waals surface area contributed by atoms with Crippen LogP contribution in [0.15, 0.2) is 30.3 Å². The fraction of sp³-hybridized carbons (Fsp3) is 0.632. The van der Waals surface area contributed by atoms with E-state index in [2.05, 4.69) is 35.2 Å². The molecule has 2 fully saturated rings. The number of carbonyl (C=O) groups is 1. The quantitative estimate of drug-likeness (QED) is 0.804. The van der Waals surface area contributed by atoms with Crippen molar-refractivity contribution in [1.82, 2.24) is 4.90 Å². The lowest BCUT2D eigenvalue weighted by Gasteiger charge is -2.32. The monoisotopic (exact) mass is 285 g/mol. The molecule has 0 unspecified atom stereocenters. The Bertz CT molecular complexity index is 442. The van der Waals surface area contributed by atoms with Gasteiger partial charge in [-0.25, -0.2) is 0 Å². The topological polar surface area (TPSA) is 20.3 Å². The molecule has 2 nitrogen and oxygen atoms in total. The normalized spacial score (nSPS) is 20.9. The van der Waals surface area contributed by atoms with E-state index in [1.807, 2.05) is 0 Å². The van der Waals surface area contributed by atoms with Crippen LogP contribution in [0.1, 0.15) is 62.8 Å². The first-order chi connectivity index (χ1) is 10.3. The largest absolute Gasteiger partial charge is 0.343 e. The van der Waals surface area contributed by atoms with Crippen LogP contribution in [-0.4, -0.2) is 23.9 Å². The third-order valence-corrected chi connectivity index (χ3v) is 5.36. The summed E-state index contributed by atoms with van der Waals surface area (Å²) in [5, 5.41) is 0. The van der Waals surface area contributed by atoms with Crippen molar-refractivity contribution in [3.8, 4) is 0 Å². The number of piperidine rings is 1. The number of carbonyl (C=O) groups excluding carboxylic acids is 1. The molecule has 1 aliphatic heterocycles. The predicted molar refractivity (Wildman–Crippen MR) is 86.2 cm³/mol. The van der Waals surface area contributed by atoms with Crippen molar-refractivity contribution < 1.29 is 4.79 Å². The van der Waals surface area contributed by atoms with Crippen molar-refractivity contribution in [2.75, 3.05) is 13.1 Å². The molecule has 0 N–H and O–H groups in total. The molecule has 1 aromatic rings. The van der Waals surface area contributed by atoms with Crippen LogP contribution < -0.4 is 0 Å². The Morgan fingerprint density at radius 1 is 1.00 bits per heavy atom. The first kappa shape index (κ1) is 14.6. The molecule has 21 heavy (non-hydrogen) atoms. The van der Waals surface area contributed by atoms with Gasteiger partial charge in [-0.15, -0.1) is 0 Å². The molecule has 0 atom stereocenters. The molecule has 1 saturated heterocycles.